The lowest BCUT2D eigenvalue weighted by atomic mass is 10.2. The van der Waals surface area contributed by atoms with Crippen LogP contribution in [0.3, 0.4) is 0 Å². The molecule has 0 unspecified atom stereocenters. The first kappa shape index (κ1) is 11.5. The minimum Gasteiger partial charge on any atom is -0.399 e. The molecular weight excluding hydrogens is 240 g/mol. The summed E-state index contributed by atoms with van der Waals surface area (Å²) in [5.74, 6) is -0.273. The van der Waals surface area contributed by atoms with Crippen LogP contribution >= 0.6 is 11.6 Å². The number of aromatic nitrogens is 2. The predicted octanol–water partition coefficient (Wildman–Crippen LogP) is 1.91. The second kappa shape index (κ2) is 4.47. The van der Waals surface area contributed by atoms with E-state index in [0.29, 0.717) is 22.0 Å². The van der Waals surface area contributed by atoms with E-state index in [2.05, 4.69) is 10.4 Å². The van der Waals surface area contributed by atoms with Crippen LogP contribution in [-0.4, -0.2) is 15.7 Å². The van der Waals surface area contributed by atoms with Gasteiger partial charge in [-0.3, -0.25) is 9.48 Å². The zero-order valence-corrected chi connectivity index (χ0v) is 9.90. The van der Waals surface area contributed by atoms with E-state index in [-0.39, 0.29) is 5.91 Å². The van der Waals surface area contributed by atoms with Crippen molar-refractivity contribution in [2.45, 2.75) is 0 Å². The molecular formula is C11H11ClN4O. The number of carbonyl (C=O) groups is 1. The Kier molecular flexibility index (Phi) is 3.01. The summed E-state index contributed by atoms with van der Waals surface area (Å²) in [6.45, 7) is 0. The van der Waals surface area contributed by atoms with Gasteiger partial charge in [-0.15, -0.1) is 0 Å². The molecule has 0 spiro atoms. The van der Waals surface area contributed by atoms with Crippen LogP contribution in [0.1, 0.15) is 10.4 Å². The topological polar surface area (TPSA) is 72.9 Å². The Hall–Kier alpha value is -2.01. The highest BCUT2D eigenvalue weighted by atomic mass is 35.5. The van der Waals surface area contributed by atoms with Crippen molar-refractivity contribution < 1.29 is 4.79 Å². The Morgan fingerprint density at radius 2 is 2.29 bits per heavy atom. The van der Waals surface area contributed by atoms with Gasteiger partial charge in [0.2, 0.25) is 0 Å². The van der Waals surface area contributed by atoms with Gasteiger partial charge in [-0.25, -0.2) is 0 Å². The molecule has 3 N–H and O–H groups in total. The van der Waals surface area contributed by atoms with E-state index < -0.39 is 0 Å². The second-order valence-corrected chi connectivity index (χ2v) is 4.00. The molecule has 0 saturated carbocycles. The van der Waals surface area contributed by atoms with Crippen LogP contribution in [0.5, 0.6) is 0 Å². The molecule has 1 amide bonds. The first-order valence-electron chi connectivity index (χ1n) is 4.91. The average Bonchev–Trinajstić information content (AvgIpc) is 2.70. The van der Waals surface area contributed by atoms with Crippen molar-refractivity contribution in [3.05, 3.63) is 41.2 Å². The van der Waals surface area contributed by atoms with Gasteiger partial charge in [-0.2, -0.15) is 5.10 Å². The molecule has 0 aliphatic rings. The summed E-state index contributed by atoms with van der Waals surface area (Å²) in [6.07, 6.45) is 3.10. The van der Waals surface area contributed by atoms with Crippen molar-refractivity contribution in [2.24, 2.45) is 7.05 Å². The molecule has 0 radical (unpaired) electrons. The van der Waals surface area contributed by atoms with Gasteiger partial charge in [0, 0.05) is 18.9 Å². The van der Waals surface area contributed by atoms with Gasteiger partial charge in [-0.05, 0) is 18.2 Å². The number of nitrogens with two attached hydrogens (primary N) is 1. The highest BCUT2D eigenvalue weighted by Crippen LogP contribution is 2.24. The van der Waals surface area contributed by atoms with Gasteiger partial charge >= 0.3 is 0 Å². The molecule has 5 nitrogen and oxygen atoms in total. The Morgan fingerprint density at radius 1 is 1.53 bits per heavy atom. The molecule has 0 saturated heterocycles. The van der Waals surface area contributed by atoms with Crippen molar-refractivity contribution in [3.8, 4) is 0 Å². The zero-order valence-electron chi connectivity index (χ0n) is 9.14. The van der Waals surface area contributed by atoms with E-state index in [9.17, 15) is 4.79 Å². The Labute approximate surface area is 103 Å². The number of aryl methyl sites for hydroxylation is 1. The SMILES string of the molecule is Cn1cc(C(=O)Nc2cc(N)ccc2Cl)cn1. The molecule has 6 heteroatoms. The fraction of sp³-hybridized carbons (Fsp3) is 0.0909. The quantitative estimate of drug-likeness (QED) is 0.800. The van der Waals surface area contributed by atoms with Crippen LogP contribution in [0.2, 0.25) is 5.02 Å². The summed E-state index contributed by atoms with van der Waals surface area (Å²) in [4.78, 5) is 11.8. The number of nitrogens with one attached hydrogen (secondary N) is 1. The standard InChI is InChI=1S/C11H11ClN4O/c1-16-6-7(5-14-16)11(17)15-10-4-8(13)2-3-9(10)12/h2-6H,13H2,1H3,(H,15,17). The average molecular weight is 251 g/mol. The number of nitrogen functional groups attached to an aromatic ring is 1. The summed E-state index contributed by atoms with van der Waals surface area (Å²) in [7, 11) is 1.74. The fourth-order valence-electron chi connectivity index (χ4n) is 1.37. The summed E-state index contributed by atoms with van der Waals surface area (Å²) in [5.41, 5.74) is 7.11. The number of hydrogen-bond acceptors (Lipinski definition) is 3. The van der Waals surface area contributed by atoms with E-state index in [1.807, 2.05) is 0 Å². The van der Waals surface area contributed by atoms with Gasteiger partial charge in [0.1, 0.15) is 0 Å². The van der Waals surface area contributed by atoms with Crippen molar-refractivity contribution in [1.29, 1.82) is 0 Å². The number of halogens is 1. The van der Waals surface area contributed by atoms with Crippen LogP contribution in [-0.2, 0) is 7.05 Å². The normalized spacial score (nSPS) is 10.2. The highest BCUT2D eigenvalue weighted by Gasteiger charge is 2.10. The minimum atomic E-state index is -0.273. The number of nitrogens with zero attached hydrogens (tertiary/aromatic N) is 2. The van der Waals surface area contributed by atoms with E-state index >= 15 is 0 Å². The summed E-state index contributed by atoms with van der Waals surface area (Å²) in [6, 6.07) is 4.91. The monoisotopic (exact) mass is 250 g/mol. The maximum atomic E-state index is 11.8. The molecule has 17 heavy (non-hydrogen) atoms. The van der Waals surface area contributed by atoms with Gasteiger partial charge in [0.05, 0.1) is 22.5 Å². The first-order valence-corrected chi connectivity index (χ1v) is 5.29. The first-order chi connectivity index (χ1) is 8.06. The van der Waals surface area contributed by atoms with Gasteiger partial charge in [0.25, 0.3) is 5.91 Å². The van der Waals surface area contributed by atoms with Gasteiger partial charge < -0.3 is 11.1 Å². The van der Waals surface area contributed by atoms with Crippen molar-refractivity contribution >= 4 is 28.9 Å². The lowest BCUT2D eigenvalue weighted by molar-refractivity contribution is 0.102. The van der Waals surface area contributed by atoms with Crippen molar-refractivity contribution in [3.63, 3.8) is 0 Å². The molecule has 0 aliphatic heterocycles. The number of carbonyl (C=O) groups excluding carboxylic acids is 1. The van der Waals surface area contributed by atoms with Crippen LogP contribution in [0.15, 0.2) is 30.6 Å². The zero-order chi connectivity index (χ0) is 12.4. The number of benzene rings is 1. The van der Waals surface area contributed by atoms with Gasteiger partial charge in [-0.1, -0.05) is 11.6 Å². The molecule has 2 aromatic rings. The second-order valence-electron chi connectivity index (χ2n) is 3.60. The number of rotatable bonds is 2. The Bertz CT molecular complexity index is 564. The molecule has 88 valence electrons. The van der Waals surface area contributed by atoms with Crippen LogP contribution in [0, 0.1) is 0 Å². The molecule has 1 aromatic carbocycles. The highest BCUT2D eigenvalue weighted by molar-refractivity contribution is 6.34. The number of amides is 1. The molecule has 1 aromatic heterocycles. The lowest BCUT2D eigenvalue weighted by Gasteiger charge is -2.06. The number of anilines is 2. The van der Waals surface area contributed by atoms with Crippen molar-refractivity contribution in [1.82, 2.24) is 9.78 Å². The summed E-state index contributed by atoms with van der Waals surface area (Å²) in [5, 5.41) is 7.04. The summed E-state index contributed by atoms with van der Waals surface area (Å²) >= 11 is 5.94. The molecule has 1 heterocycles. The third-order valence-corrected chi connectivity index (χ3v) is 2.54. The third kappa shape index (κ3) is 2.57. The molecule has 0 aliphatic carbocycles. The smallest absolute Gasteiger partial charge is 0.258 e. The number of hydrogen-bond donors (Lipinski definition) is 2. The lowest BCUT2D eigenvalue weighted by Crippen LogP contribution is -2.11. The van der Waals surface area contributed by atoms with E-state index in [4.69, 9.17) is 17.3 Å². The third-order valence-electron chi connectivity index (χ3n) is 2.21. The van der Waals surface area contributed by atoms with Crippen molar-refractivity contribution in [2.75, 3.05) is 11.1 Å². The van der Waals surface area contributed by atoms with Crippen LogP contribution in [0.25, 0.3) is 0 Å². The Balaban J connectivity index is 2.21. The van der Waals surface area contributed by atoms with E-state index in [1.54, 1.807) is 36.1 Å². The summed E-state index contributed by atoms with van der Waals surface area (Å²) < 4.78 is 1.55. The molecule has 0 fully saturated rings. The molecule has 0 bridgehead atoms. The maximum Gasteiger partial charge on any atom is 0.258 e. The molecule has 2 rings (SSSR count). The largest absolute Gasteiger partial charge is 0.399 e. The van der Waals surface area contributed by atoms with Gasteiger partial charge in [0.15, 0.2) is 0 Å². The maximum absolute atomic E-state index is 11.8. The Morgan fingerprint density at radius 3 is 2.94 bits per heavy atom. The molecule has 0 atom stereocenters. The van der Waals surface area contributed by atoms with Crippen LogP contribution in [0.4, 0.5) is 11.4 Å². The van der Waals surface area contributed by atoms with Crippen LogP contribution < -0.4 is 11.1 Å². The fourth-order valence-corrected chi connectivity index (χ4v) is 1.54. The predicted molar refractivity (Wildman–Crippen MR) is 67.0 cm³/mol. The van der Waals surface area contributed by atoms with E-state index in [0.717, 1.165) is 0 Å². The van der Waals surface area contributed by atoms with E-state index in [1.165, 1.54) is 6.20 Å². The minimum absolute atomic E-state index is 0.273.